The summed E-state index contributed by atoms with van der Waals surface area (Å²) in [5.41, 5.74) is 1.03. The monoisotopic (exact) mass is 559 g/mol. The van der Waals surface area contributed by atoms with Gasteiger partial charge in [0.2, 0.25) is 5.91 Å². The van der Waals surface area contributed by atoms with E-state index in [1.54, 1.807) is 32.0 Å². The van der Waals surface area contributed by atoms with Gasteiger partial charge in [-0.25, -0.2) is 9.80 Å². The predicted molar refractivity (Wildman–Crippen MR) is 132 cm³/mol. The average Bonchev–Trinajstić information content (AvgIpc) is 3.20. The second kappa shape index (κ2) is 8.81. The minimum Gasteiger partial charge on any atom is -0.442 e. The fourth-order valence-electron chi connectivity index (χ4n) is 4.28. The SMILES string of the molecule is CN1C(=O)[C@H]2[C@H](c3ccccc3I)N(/C=C/c3ccccc3)N(C(=O)OC(C)(C)C)[C@H]2C1=O. The van der Waals surface area contributed by atoms with Gasteiger partial charge in [-0.3, -0.25) is 19.5 Å². The third-order valence-electron chi connectivity index (χ3n) is 5.70. The Labute approximate surface area is 207 Å². The molecule has 0 saturated carbocycles. The normalized spacial score (nSPS) is 22.9. The van der Waals surface area contributed by atoms with E-state index in [2.05, 4.69) is 22.6 Å². The minimum atomic E-state index is -0.973. The molecule has 2 aromatic rings. The van der Waals surface area contributed by atoms with Crippen molar-refractivity contribution in [3.63, 3.8) is 0 Å². The van der Waals surface area contributed by atoms with Gasteiger partial charge in [0.05, 0.1) is 12.0 Å². The lowest BCUT2D eigenvalue weighted by Crippen LogP contribution is -2.50. The summed E-state index contributed by atoms with van der Waals surface area (Å²) in [4.78, 5) is 40.9. The zero-order chi connectivity index (χ0) is 23.9. The number of likely N-dealkylation sites (N-methyl/N-ethyl adjacent to an activating group) is 1. The highest BCUT2D eigenvalue weighted by Gasteiger charge is 2.63. The molecule has 3 atom stereocenters. The van der Waals surface area contributed by atoms with E-state index in [0.29, 0.717) is 0 Å². The predicted octanol–water partition coefficient (Wildman–Crippen LogP) is 4.45. The summed E-state index contributed by atoms with van der Waals surface area (Å²) in [5.74, 6) is -1.47. The number of imide groups is 1. The molecule has 3 amide bonds. The first-order valence-corrected chi connectivity index (χ1v) is 11.8. The molecule has 0 spiro atoms. The third-order valence-corrected chi connectivity index (χ3v) is 6.68. The summed E-state index contributed by atoms with van der Waals surface area (Å²) in [7, 11) is 1.47. The Kier molecular flexibility index (Phi) is 6.22. The molecule has 33 heavy (non-hydrogen) atoms. The van der Waals surface area contributed by atoms with Crippen molar-refractivity contribution in [3.8, 4) is 0 Å². The van der Waals surface area contributed by atoms with Crippen molar-refractivity contribution in [2.75, 3.05) is 7.05 Å². The zero-order valence-electron chi connectivity index (χ0n) is 18.9. The standard InChI is InChI=1S/C25H26IN3O4/c1-25(2,3)33-24(32)29-21-19(22(30)27(4)23(21)31)20(17-12-8-9-13-18(17)26)28(29)15-14-16-10-6-5-7-11-16/h5-15,19-21H,1-4H3/b15-14+/t19-,20-,21+/m0/s1. The van der Waals surface area contributed by atoms with Crippen LogP contribution in [0.2, 0.25) is 0 Å². The number of rotatable bonds is 3. The molecule has 0 N–H and O–H groups in total. The molecule has 0 aliphatic carbocycles. The molecule has 2 aliphatic rings. The molecule has 0 unspecified atom stereocenters. The van der Waals surface area contributed by atoms with Crippen LogP contribution in [-0.4, -0.2) is 51.5 Å². The molecule has 0 aromatic heterocycles. The number of amides is 3. The number of carbonyl (C=O) groups is 3. The number of fused-ring (bicyclic) bond motifs is 1. The highest BCUT2D eigenvalue weighted by molar-refractivity contribution is 14.1. The quantitative estimate of drug-likeness (QED) is 0.411. The first-order valence-electron chi connectivity index (χ1n) is 10.7. The van der Waals surface area contributed by atoms with E-state index in [4.69, 9.17) is 4.74 Å². The Bertz CT molecular complexity index is 1110. The highest BCUT2D eigenvalue weighted by atomic mass is 127. The zero-order valence-corrected chi connectivity index (χ0v) is 21.1. The maximum Gasteiger partial charge on any atom is 0.430 e. The second-order valence-corrected chi connectivity index (χ2v) is 10.3. The van der Waals surface area contributed by atoms with E-state index in [-0.39, 0.29) is 5.91 Å². The van der Waals surface area contributed by atoms with Gasteiger partial charge >= 0.3 is 6.09 Å². The van der Waals surface area contributed by atoms with Crippen LogP contribution in [0.25, 0.3) is 6.08 Å². The highest BCUT2D eigenvalue weighted by Crippen LogP contribution is 2.47. The number of ether oxygens (including phenoxy) is 1. The van der Waals surface area contributed by atoms with E-state index in [9.17, 15) is 14.4 Å². The van der Waals surface area contributed by atoms with Gasteiger partial charge in [0, 0.05) is 16.8 Å². The van der Waals surface area contributed by atoms with Crippen LogP contribution in [0, 0.1) is 9.49 Å². The molecular weight excluding hydrogens is 533 g/mol. The lowest BCUT2D eigenvalue weighted by atomic mass is 9.90. The lowest BCUT2D eigenvalue weighted by Gasteiger charge is -2.35. The van der Waals surface area contributed by atoms with Gasteiger partial charge in [-0.2, -0.15) is 0 Å². The Morgan fingerprint density at radius 2 is 1.61 bits per heavy atom. The molecule has 2 aromatic carbocycles. The summed E-state index contributed by atoms with van der Waals surface area (Å²) in [6.07, 6.45) is 2.95. The van der Waals surface area contributed by atoms with Crippen LogP contribution in [0.4, 0.5) is 4.79 Å². The van der Waals surface area contributed by atoms with Crippen LogP contribution < -0.4 is 0 Å². The van der Waals surface area contributed by atoms with Crippen LogP contribution in [0.3, 0.4) is 0 Å². The van der Waals surface area contributed by atoms with Crippen LogP contribution in [-0.2, 0) is 14.3 Å². The first-order chi connectivity index (χ1) is 15.6. The van der Waals surface area contributed by atoms with Crippen molar-refractivity contribution in [2.45, 2.75) is 38.5 Å². The smallest absolute Gasteiger partial charge is 0.430 e. The number of benzene rings is 2. The molecule has 2 fully saturated rings. The van der Waals surface area contributed by atoms with Gasteiger partial charge < -0.3 is 4.74 Å². The molecule has 2 heterocycles. The molecule has 172 valence electrons. The third kappa shape index (κ3) is 4.36. The van der Waals surface area contributed by atoms with Gasteiger partial charge in [0.15, 0.2) is 6.04 Å². The van der Waals surface area contributed by atoms with E-state index < -0.39 is 35.6 Å². The Hall–Kier alpha value is -2.88. The summed E-state index contributed by atoms with van der Waals surface area (Å²) in [5, 5.41) is 3.00. The van der Waals surface area contributed by atoms with E-state index in [0.717, 1.165) is 19.6 Å². The molecule has 8 heteroatoms. The van der Waals surface area contributed by atoms with Crippen molar-refractivity contribution in [1.29, 1.82) is 0 Å². The van der Waals surface area contributed by atoms with E-state index in [1.165, 1.54) is 12.1 Å². The van der Waals surface area contributed by atoms with Gasteiger partial charge in [-0.1, -0.05) is 48.5 Å². The number of hydrogen-bond donors (Lipinski definition) is 0. The number of hydrazine groups is 1. The topological polar surface area (TPSA) is 70.2 Å². The number of hydrogen-bond acceptors (Lipinski definition) is 5. The minimum absolute atomic E-state index is 0.307. The number of halogens is 1. The van der Waals surface area contributed by atoms with Crippen molar-refractivity contribution in [1.82, 2.24) is 14.9 Å². The summed E-state index contributed by atoms with van der Waals surface area (Å²) in [6.45, 7) is 5.32. The van der Waals surface area contributed by atoms with Crippen LogP contribution in [0.1, 0.15) is 37.9 Å². The average molecular weight is 559 g/mol. The summed E-state index contributed by atoms with van der Waals surface area (Å²) >= 11 is 2.22. The Morgan fingerprint density at radius 1 is 0.970 bits per heavy atom. The second-order valence-electron chi connectivity index (χ2n) is 9.10. The van der Waals surface area contributed by atoms with E-state index >= 15 is 0 Å². The summed E-state index contributed by atoms with van der Waals surface area (Å²) < 4.78 is 6.62. The number of nitrogens with zero attached hydrogens (tertiary/aromatic N) is 3. The molecule has 2 aliphatic heterocycles. The number of carbonyl (C=O) groups excluding carboxylic acids is 3. The van der Waals surface area contributed by atoms with Crippen LogP contribution >= 0.6 is 22.6 Å². The van der Waals surface area contributed by atoms with Crippen molar-refractivity contribution >= 4 is 46.6 Å². The summed E-state index contributed by atoms with van der Waals surface area (Å²) in [6, 6.07) is 15.8. The Morgan fingerprint density at radius 3 is 2.24 bits per heavy atom. The van der Waals surface area contributed by atoms with Crippen molar-refractivity contribution < 1.29 is 19.1 Å². The maximum atomic E-state index is 13.4. The largest absolute Gasteiger partial charge is 0.442 e. The molecule has 7 nitrogen and oxygen atoms in total. The Balaban J connectivity index is 1.87. The lowest BCUT2D eigenvalue weighted by molar-refractivity contribution is -0.142. The van der Waals surface area contributed by atoms with Gasteiger partial charge in [0.25, 0.3) is 5.91 Å². The first kappa shape index (κ1) is 23.3. The van der Waals surface area contributed by atoms with Crippen LogP contribution in [0.15, 0.2) is 60.8 Å². The van der Waals surface area contributed by atoms with Gasteiger partial charge in [0.1, 0.15) is 5.60 Å². The molecule has 0 bridgehead atoms. The fraction of sp³-hybridized carbons (Fsp3) is 0.320. The molecule has 0 radical (unpaired) electrons. The molecule has 4 rings (SSSR count). The van der Waals surface area contributed by atoms with Crippen molar-refractivity contribution in [2.24, 2.45) is 5.92 Å². The van der Waals surface area contributed by atoms with E-state index in [1.807, 2.05) is 60.7 Å². The van der Waals surface area contributed by atoms with Crippen molar-refractivity contribution in [3.05, 3.63) is 75.5 Å². The molecule has 2 saturated heterocycles. The number of likely N-dealkylation sites (tertiary alicyclic amines) is 1. The fourth-order valence-corrected chi connectivity index (χ4v) is 4.99. The van der Waals surface area contributed by atoms with Crippen LogP contribution in [0.5, 0.6) is 0 Å². The maximum absolute atomic E-state index is 13.4. The van der Waals surface area contributed by atoms with Gasteiger partial charge in [-0.15, -0.1) is 0 Å². The van der Waals surface area contributed by atoms with Gasteiger partial charge in [-0.05, 0) is 66.6 Å². The molecular formula is C25H26IN3O4.